The van der Waals surface area contributed by atoms with E-state index in [1.807, 2.05) is 39.8 Å². The lowest BCUT2D eigenvalue weighted by molar-refractivity contribution is -0.182. The molecule has 1 amide bonds. The first-order valence-electron chi connectivity index (χ1n) is 11.4. The van der Waals surface area contributed by atoms with E-state index in [-0.39, 0.29) is 24.9 Å². The molecular weight excluding hydrogens is 437 g/mol. The van der Waals surface area contributed by atoms with Crippen molar-refractivity contribution >= 4 is 11.7 Å². The zero-order valence-corrected chi connectivity index (χ0v) is 19.5. The van der Waals surface area contributed by atoms with Crippen molar-refractivity contribution in [1.29, 1.82) is 0 Å². The van der Waals surface area contributed by atoms with E-state index < -0.39 is 23.8 Å². The summed E-state index contributed by atoms with van der Waals surface area (Å²) in [5.74, 6) is -1.25. The second-order valence-corrected chi connectivity index (χ2v) is 10.0. The minimum Gasteiger partial charge on any atom is -0.444 e. The minimum absolute atomic E-state index is 0.0241. The summed E-state index contributed by atoms with van der Waals surface area (Å²) in [5.41, 5.74) is 2.35. The Balaban J connectivity index is 1.55. The highest BCUT2D eigenvalue weighted by Gasteiger charge is 2.42. The van der Waals surface area contributed by atoms with Crippen LogP contribution in [0.3, 0.4) is 0 Å². The summed E-state index contributed by atoms with van der Waals surface area (Å²) in [6, 6.07) is 3.75. The molecule has 2 aromatic heterocycles. The van der Waals surface area contributed by atoms with E-state index in [2.05, 4.69) is 4.98 Å². The van der Waals surface area contributed by atoms with Crippen LogP contribution in [0, 0.1) is 12.8 Å². The van der Waals surface area contributed by atoms with Crippen LogP contribution in [-0.4, -0.2) is 57.1 Å². The number of amides is 1. The monoisotopic (exact) mass is 468 g/mol. The Hall–Kier alpha value is -2.36. The number of alkyl halides is 3. The average Bonchev–Trinajstić information content (AvgIpc) is 3.15. The molecule has 1 aliphatic carbocycles. The molecule has 33 heavy (non-hydrogen) atoms. The van der Waals surface area contributed by atoms with Crippen LogP contribution in [-0.2, 0) is 9.47 Å². The van der Waals surface area contributed by atoms with Crippen LogP contribution < -0.4 is 0 Å². The van der Waals surface area contributed by atoms with Gasteiger partial charge in [0, 0.05) is 24.2 Å². The van der Waals surface area contributed by atoms with E-state index in [1.165, 1.54) is 0 Å². The van der Waals surface area contributed by atoms with E-state index in [1.54, 1.807) is 9.42 Å². The number of ether oxygens (including phenoxy) is 2. The van der Waals surface area contributed by atoms with Crippen LogP contribution in [0.4, 0.5) is 18.0 Å². The van der Waals surface area contributed by atoms with Crippen LogP contribution in [0.15, 0.2) is 12.1 Å². The standard InChI is InChI=1S/C23H31F3N4O3/c1-14-11-18(19-13-29(9-10-32-19)21(31)33-22(2,3)4)30-20(27-14)12-17(28-30)15-5-7-16(8-6-15)23(24,25)26/h11-12,15-16,19H,5-10,13H2,1-4H3. The van der Waals surface area contributed by atoms with Gasteiger partial charge in [-0.05, 0) is 59.4 Å². The van der Waals surface area contributed by atoms with Gasteiger partial charge in [-0.3, -0.25) is 0 Å². The molecular formula is C23H31F3N4O3. The molecule has 0 aromatic carbocycles. The molecule has 2 fully saturated rings. The minimum atomic E-state index is -4.13. The molecule has 2 aromatic rings. The van der Waals surface area contributed by atoms with Crippen molar-refractivity contribution in [1.82, 2.24) is 19.5 Å². The topological polar surface area (TPSA) is 69.0 Å². The van der Waals surface area contributed by atoms with Gasteiger partial charge in [0.25, 0.3) is 0 Å². The number of aromatic nitrogens is 3. The SMILES string of the molecule is Cc1cc(C2CN(C(=O)OC(C)(C)C)CCO2)n2nc(C3CCC(C(F)(F)F)CC3)cc2n1. The maximum absolute atomic E-state index is 13.0. The Morgan fingerprint density at radius 2 is 1.85 bits per heavy atom. The number of carbonyl (C=O) groups excluding carboxylic acids is 1. The van der Waals surface area contributed by atoms with E-state index >= 15 is 0 Å². The van der Waals surface area contributed by atoms with Crippen molar-refractivity contribution in [3.63, 3.8) is 0 Å². The lowest BCUT2D eigenvalue weighted by Crippen LogP contribution is -2.45. The first kappa shape index (κ1) is 23.8. The van der Waals surface area contributed by atoms with E-state index in [0.29, 0.717) is 38.2 Å². The average molecular weight is 469 g/mol. The summed E-state index contributed by atoms with van der Waals surface area (Å²) in [6.45, 7) is 8.47. The van der Waals surface area contributed by atoms with Gasteiger partial charge >= 0.3 is 12.3 Å². The highest BCUT2D eigenvalue weighted by atomic mass is 19.4. The zero-order valence-electron chi connectivity index (χ0n) is 19.5. The maximum Gasteiger partial charge on any atom is 0.410 e. The summed E-state index contributed by atoms with van der Waals surface area (Å²) in [7, 11) is 0. The Morgan fingerprint density at radius 1 is 1.15 bits per heavy atom. The number of carbonyl (C=O) groups is 1. The molecule has 7 nitrogen and oxygen atoms in total. The second-order valence-electron chi connectivity index (χ2n) is 10.0. The number of nitrogens with zero attached hydrogens (tertiary/aromatic N) is 4. The quantitative estimate of drug-likeness (QED) is 0.607. The molecule has 0 spiro atoms. The van der Waals surface area contributed by atoms with Gasteiger partial charge in [0.15, 0.2) is 5.65 Å². The molecule has 1 atom stereocenters. The van der Waals surface area contributed by atoms with Crippen molar-refractivity contribution in [3.05, 3.63) is 29.2 Å². The molecule has 3 heterocycles. The molecule has 0 bridgehead atoms. The van der Waals surface area contributed by atoms with Gasteiger partial charge in [-0.1, -0.05) is 0 Å². The largest absolute Gasteiger partial charge is 0.444 e. The lowest BCUT2D eigenvalue weighted by atomic mass is 9.80. The molecule has 0 radical (unpaired) electrons. The molecule has 2 aliphatic rings. The number of aryl methyl sites for hydroxylation is 1. The number of hydrogen-bond acceptors (Lipinski definition) is 5. The number of fused-ring (bicyclic) bond motifs is 1. The third kappa shape index (κ3) is 5.42. The molecule has 1 saturated heterocycles. The maximum atomic E-state index is 13.0. The third-order valence-corrected chi connectivity index (χ3v) is 6.26. The molecule has 1 saturated carbocycles. The number of morpholine rings is 1. The molecule has 1 aliphatic heterocycles. The Bertz CT molecular complexity index is 1010. The summed E-state index contributed by atoms with van der Waals surface area (Å²) >= 11 is 0. The van der Waals surface area contributed by atoms with E-state index in [9.17, 15) is 18.0 Å². The summed E-state index contributed by atoms with van der Waals surface area (Å²) < 4.78 is 52.3. The first-order valence-corrected chi connectivity index (χ1v) is 11.4. The smallest absolute Gasteiger partial charge is 0.410 e. The van der Waals surface area contributed by atoms with Crippen molar-refractivity contribution in [2.75, 3.05) is 19.7 Å². The number of hydrogen-bond donors (Lipinski definition) is 0. The van der Waals surface area contributed by atoms with E-state index in [4.69, 9.17) is 14.6 Å². The Morgan fingerprint density at radius 3 is 2.48 bits per heavy atom. The fraction of sp³-hybridized carbons (Fsp3) is 0.696. The summed E-state index contributed by atoms with van der Waals surface area (Å²) in [5, 5.41) is 4.73. The van der Waals surface area contributed by atoms with E-state index in [0.717, 1.165) is 17.1 Å². The molecule has 4 rings (SSSR count). The van der Waals surface area contributed by atoms with Crippen molar-refractivity contribution in [2.24, 2.45) is 5.92 Å². The van der Waals surface area contributed by atoms with Crippen molar-refractivity contribution in [3.8, 4) is 0 Å². The highest BCUT2D eigenvalue weighted by Crippen LogP contribution is 2.42. The molecule has 1 unspecified atom stereocenters. The third-order valence-electron chi connectivity index (χ3n) is 6.26. The second kappa shape index (κ2) is 8.77. The van der Waals surface area contributed by atoms with Crippen LogP contribution >= 0.6 is 0 Å². The summed E-state index contributed by atoms with van der Waals surface area (Å²) in [4.78, 5) is 18.8. The predicted molar refractivity (Wildman–Crippen MR) is 115 cm³/mol. The normalized spacial score (nSPS) is 24.8. The van der Waals surface area contributed by atoms with Crippen LogP contribution in [0.25, 0.3) is 5.65 Å². The highest BCUT2D eigenvalue weighted by molar-refractivity contribution is 5.68. The predicted octanol–water partition coefficient (Wildman–Crippen LogP) is 5.18. The fourth-order valence-electron chi connectivity index (χ4n) is 4.61. The molecule has 0 N–H and O–H groups in total. The van der Waals surface area contributed by atoms with Gasteiger partial charge in [-0.15, -0.1) is 0 Å². The van der Waals surface area contributed by atoms with Crippen LogP contribution in [0.2, 0.25) is 0 Å². The van der Waals surface area contributed by atoms with Gasteiger partial charge in [-0.25, -0.2) is 14.3 Å². The van der Waals surface area contributed by atoms with Gasteiger partial charge in [-0.2, -0.15) is 18.3 Å². The fourth-order valence-corrected chi connectivity index (χ4v) is 4.61. The van der Waals surface area contributed by atoms with Crippen LogP contribution in [0.5, 0.6) is 0 Å². The first-order chi connectivity index (χ1) is 15.4. The van der Waals surface area contributed by atoms with Gasteiger partial charge in [0.1, 0.15) is 11.7 Å². The van der Waals surface area contributed by atoms with Gasteiger partial charge in [0.2, 0.25) is 0 Å². The van der Waals surface area contributed by atoms with Crippen molar-refractivity contribution in [2.45, 2.75) is 77.2 Å². The zero-order chi connectivity index (χ0) is 24.0. The number of halogens is 3. The van der Waals surface area contributed by atoms with Gasteiger partial charge in [0.05, 0.1) is 30.5 Å². The number of rotatable bonds is 2. The molecule has 182 valence electrons. The van der Waals surface area contributed by atoms with Gasteiger partial charge < -0.3 is 14.4 Å². The van der Waals surface area contributed by atoms with Crippen molar-refractivity contribution < 1.29 is 27.4 Å². The molecule has 10 heteroatoms. The Kier molecular flexibility index (Phi) is 6.32. The van der Waals surface area contributed by atoms with Crippen LogP contribution in [0.1, 0.15) is 75.6 Å². The Labute approximate surface area is 191 Å². The summed E-state index contributed by atoms with van der Waals surface area (Å²) in [6.07, 6.45) is -3.78. The lowest BCUT2D eigenvalue weighted by Gasteiger charge is -2.34.